The summed E-state index contributed by atoms with van der Waals surface area (Å²) in [5.74, 6) is -1.22. The highest BCUT2D eigenvalue weighted by molar-refractivity contribution is 6.04. The molecule has 0 bridgehead atoms. The second-order valence-electron chi connectivity index (χ2n) is 6.34. The van der Waals surface area contributed by atoms with Crippen LogP contribution in [-0.2, 0) is 16.0 Å². The van der Waals surface area contributed by atoms with Gasteiger partial charge in [0, 0.05) is 12.2 Å². The monoisotopic (exact) mass is 390 g/mol. The fourth-order valence-corrected chi connectivity index (χ4v) is 3.08. The van der Waals surface area contributed by atoms with Gasteiger partial charge in [0.25, 0.3) is 0 Å². The Balaban J connectivity index is 2.13. The summed E-state index contributed by atoms with van der Waals surface area (Å²) in [6, 6.07) is 22.3. The van der Waals surface area contributed by atoms with E-state index in [1.807, 2.05) is 59.5 Å². The number of hydrogen-bond acceptors (Lipinski definition) is 6. The molecule has 0 aliphatic carbocycles. The fourth-order valence-electron chi connectivity index (χ4n) is 3.08. The third kappa shape index (κ3) is 4.38. The minimum absolute atomic E-state index is 0.129. The van der Waals surface area contributed by atoms with Crippen LogP contribution in [0.4, 0.5) is 17.1 Å². The van der Waals surface area contributed by atoms with Gasteiger partial charge in [-0.2, -0.15) is 0 Å². The van der Waals surface area contributed by atoms with Gasteiger partial charge >= 0.3 is 11.9 Å². The summed E-state index contributed by atoms with van der Waals surface area (Å²) in [6.45, 7) is 0.521. The molecular formula is C23H22N2O4. The number of hydrogen-bond donors (Lipinski definition) is 1. The lowest BCUT2D eigenvalue weighted by Gasteiger charge is -2.27. The van der Waals surface area contributed by atoms with E-state index in [1.54, 1.807) is 18.2 Å². The van der Waals surface area contributed by atoms with E-state index in [4.69, 9.17) is 15.2 Å². The van der Waals surface area contributed by atoms with Crippen LogP contribution in [-0.4, -0.2) is 26.2 Å². The summed E-state index contributed by atoms with van der Waals surface area (Å²) in [5, 5.41) is 0. The number of esters is 2. The SMILES string of the molecule is COC(=O)c1ccc(N(Cc2ccccc2)c2ccccc2N)cc1C(=O)OC. The lowest BCUT2D eigenvalue weighted by atomic mass is 10.0. The molecule has 0 radical (unpaired) electrons. The molecule has 0 heterocycles. The van der Waals surface area contributed by atoms with Crippen molar-refractivity contribution in [2.45, 2.75) is 6.54 Å². The zero-order valence-corrected chi connectivity index (χ0v) is 16.3. The molecule has 0 aromatic heterocycles. The Bertz CT molecular complexity index is 1020. The molecule has 0 saturated carbocycles. The second-order valence-corrected chi connectivity index (χ2v) is 6.34. The van der Waals surface area contributed by atoms with Gasteiger partial charge in [0.1, 0.15) is 0 Å². The number of carbonyl (C=O) groups is 2. The molecule has 0 amide bonds. The minimum atomic E-state index is -0.618. The Morgan fingerprint density at radius 2 is 1.45 bits per heavy atom. The Labute approximate surface area is 169 Å². The van der Waals surface area contributed by atoms with Gasteiger partial charge < -0.3 is 20.1 Å². The summed E-state index contributed by atoms with van der Waals surface area (Å²) in [4.78, 5) is 26.4. The second kappa shape index (κ2) is 8.93. The highest BCUT2D eigenvalue weighted by atomic mass is 16.5. The van der Waals surface area contributed by atoms with Crippen LogP contribution in [0.2, 0.25) is 0 Å². The Kier molecular flexibility index (Phi) is 6.14. The fraction of sp³-hybridized carbons (Fsp3) is 0.130. The number of nitrogens with two attached hydrogens (primary N) is 1. The van der Waals surface area contributed by atoms with Gasteiger partial charge in [0.2, 0.25) is 0 Å². The van der Waals surface area contributed by atoms with E-state index >= 15 is 0 Å². The van der Waals surface area contributed by atoms with Crippen LogP contribution in [0.1, 0.15) is 26.3 Å². The largest absolute Gasteiger partial charge is 0.465 e. The van der Waals surface area contributed by atoms with Crippen molar-refractivity contribution in [2.24, 2.45) is 0 Å². The molecule has 148 valence electrons. The molecule has 0 fully saturated rings. The standard InChI is InChI=1S/C23H22N2O4/c1-28-22(26)18-13-12-17(14-19(18)23(27)29-2)25(15-16-8-4-3-5-9-16)21-11-7-6-10-20(21)24/h3-14H,15,24H2,1-2H3. The lowest BCUT2D eigenvalue weighted by molar-refractivity contribution is 0.0555. The predicted octanol–water partition coefficient (Wildman–Crippen LogP) is 4.18. The van der Waals surface area contributed by atoms with E-state index in [9.17, 15) is 9.59 Å². The average Bonchev–Trinajstić information content (AvgIpc) is 2.77. The van der Waals surface area contributed by atoms with Gasteiger partial charge in [-0.3, -0.25) is 0 Å². The number of nitrogens with zero attached hydrogens (tertiary/aromatic N) is 1. The third-order valence-corrected chi connectivity index (χ3v) is 4.54. The van der Waals surface area contributed by atoms with Gasteiger partial charge in [0.05, 0.1) is 36.7 Å². The number of rotatable bonds is 6. The summed E-state index contributed by atoms with van der Waals surface area (Å²) >= 11 is 0. The molecule has 0 unspecified atom stereocenters. The number of para-hydroxylation sites is 2. The van der Waals surface area contributed by atoms with Crippen molar-refractivity contribution in [1.82, 2.24) is 0 Å². The molecule has 3 aromatic carbocycles. The highest BCUT2D eigenvalue weighted by Crippen LogP contribution is 2.33. The van der Waals surface area contributed by atoms with Gasteiger partial charge in [-0.25, -0.2) is 9.59 Å². The molecule has 3 rings (SSSR count). The van der Waals surface area contributed by atoms with Crippen LogP contribution in [0.25, 0.3) is 0 Å². The van der Waals surface area contributed by atoms with Crippen molar-refractivity contribution in [1.29, 1.82) is 0 Å². The molecule has 0 aliphatic rings. The summed E-state index contributed by atoms with van der Waals surface area (Å²) in [5.41, 5.74) is 9.64. The van der Waals surface area contributed by atoms with Crippen molar-refractivity contribution in [3.05, 3.63) is 89.5 Å². The van der Waals surface area contributed by atoms with Crippen molar-refractivity contribution >= 4 is 29.0 Å². The molecule has 3 aromatic rings. The number of methoxy groups -OCH3 is 2. The van der Waals surface area contributed by atoms with Crippen LogP contribution in [0.15, 0.2) is 72.8 Å². The first-order valence-corrected chi connectivity index (χ1v) is 9.01. The van der Waals surface area contributed by atoms with Crippen molar-refractivity contribution in [3.63, 3.8) is 0 Å². The normalized spacial score (nSPS) is 10.3. The maximum absolute atomic E-state index is 12.3. The molecule has 6 nitrogen and oxygen atoms in total. The number of nitrogen functional groups attached to an aromatic ring is 1. The predicted molar refractivity (Wildman–Crippen MR) is 112 cm³/mol. The quantitative estimate of drug-likeness (QED) is 0.502. The number of ether oxygens (including phenoxy) is 2. The van der Waals surface area contributed by atoms with E-state index in [2.05, 4.69) is 0 Å². The van der Waals surface area contributed by atoms with E-state index < -0.39 is 11.9 Å². The van der Waals surface area contributed by atoms with E-state index in [0.717, 1.165) is 11.3 Å². The summed E-state index contributed by atoms with van der Waals surface area (Å²) in [6.07, 6.45) is 0. The average molecular weight is 390 g/mol. The van der Waals surface area contributed by atoms with Crippen molar-refractivity contribution in [3.8, 4) is 0 Å². The minimum Gasteiger partial charge on any atom is -0.465 e. The highest BCUT2D eigenvalue weighted by Gasteiger charge is 2.22. The summed E-state index contributed by atoms with van der Waals surface area (Å²) < 4.78 is 9.66. The number of carbonyl (C=O) groups excluding carboxylic acids is 2. The van der Waals surface area contributed by atoms with Gasteiger partial charge in [-0.15, -0.1) is 0 Å². The third-order valence-electron chi connectivity index (χ3n) is 4.54. The van der Waals surface area contributed by atoms with Gasteiger partial charge in [-0.1, -0.05) is 42.5 Å². The number of anilines is 3. The molecular weight excluding hydrogens is 368 g/mol. The molecule has 0 saturated heterocycles. The molecule has 0 spiro atoms. The van der Waals surface area contributed by atoms with Gasteiger partial charge in [0.15, 0.2) is 0 Å². The summed E-state index contributed by atoms with van der Waals surface area (Å²) in [7, 11) is 2.54. The van der Waals surface area contributed by atoms with Gasteiger partial charge in [-0.05, 0) is 35.9 Å². The molecule has 2 N–H and O–H groups in total. The van der Waals surface area contributed by atoms with Crippen LogP contribution < -0.4 is 10.6 Å². The maximum Gasteiger partial charge on any atom is 0.338 e. The first-order valence-electron chi connectivity index (χ1n) is 9.01. The lowest BCUT2D eigenvalue weighted by Crippen LogP contribution is -2.19. The number of benzene rings is 3. The Morgan fingerprint density at radius 1 is 0.828 bits per heavy atom. The Hall–Kier alpha value is -3.80. The maximum atomic E-state index is 12.3. The smallest absolute Gasteiger partial charge is 0.338 e. The molecule has 29 heavy (non-hydrogen) atoms. The van der Waals surface area contributed by atoms with Crippen LogP contribution in [0, 0.1) is 0 Å². The van der Waals surface area contributed by atoms with Crippen LogP contribution in [0.5, 0.6) is 0 Å². The van der Waals surface area contributed by atoms with E-state index in [0.29, 0.717) is 17.9 Å². The Morgan fingerprint density at radius 3 is 2.10 bits per heavy atom. The van der Waals surface area contributed by atoms with Crippen LogP contribution >= 0.6 is 0 Å². The zero-order valence-electron chi connectivity index (χ0n) is 16.3. The zero-order chi connectivity index (χ0) is 20.8. The molecule has 0 aliphatic heterocycles. The molecule has 0 atom stereocenters. The van der Waals surface area contributed by atoms with E-state index in [-0.39, 0.29) is 11.1 Å². The van der Waals surface area contributed by atoms with Crippen molar-refractivity contribution < 1.29 is 19.1 Å². The first kappa shape index (κ1) is 19.9. The molecule has 6 heteroatoms. The van der Waals surface area contributed by atoms with E-state index in [1.165, 1.54) is 14.2 Å². The van der Waals surface area contributed by atoms with Crippen molar-refractivity contribution in [2.75, 3.05) is 24.9 Å². The first-order chi connectivity index (χ1) is 14.0. The van der Waals surface area contributed by atoms with Crippen LogP contribution in [0.3, 0.4) is 0 Å². The topological polar surface area (TPSA) is 81.9 Å².